The molecule has 0 saturated heterocycles. The average molecular weight is 217 g/mol. The second-order valence-electron chi connectivity index (χ2n) is 5.02. The van der Waals surface area contributed by atoms with Crippen molar-refractivity contribution in [3.8, 4) is 0 Å². The lowest BCUT2D eigenvalue weighted by Crippen LogP contribution is -2.29. The molecule has 16 heavy (non-hydrogen) atoms. The van der Waals surface area contributed by atoms with Gasteiger partial charge < -0.3 is 4.90 Å². The van der Waals surface area contributed by atoms with Crippen molar-refractivity contribution in [2.24, 2.45) is 0 Å². The fourth-order valence-corrected chi connectivity index (χ4v) is 2.96. The Kier molecular flexibility index (Phi) is 3.52. The van der Waals surface area contributed by atoms with E-state index in [2.05, 4.69) is 50.1 Å². The van der Waals surface area contributed by atoms with Gasteiger partial charge in [-0.05, 0) is 18.1 Å². The van der Waals surface area contributed by atoms with Crippen LogP contribution in [-0.4, -0.2) is 13.1 Å². The third kappa shape index (κ3) is 1.95. The van der Waals surface area contributed by atoms with E-state index >= 15 is 0 Å². The number of nitrogens with zero attached hydrogens (tertiary/aromatic N) is 1. The van der Waals surface area contributed by atoms with Crippen molar-refractivity contribution in [3.63, 3.8) is 0 Å². The minimum absolute atomic E-state index is 0.693. The third-order valence-electron chi connectivity index (χ3n) is 3.99. The van der Waals surface area contributed by atoms with Gasteiger partial charge in [0.25, 0.3) is 0 Å². The van der Waals surface area contributed by atoms with E-state index in [0.717, 1.165) is 0 Å². The Balaban J connectivity index is 2.09. The van der Waals surface area contributed by atoms with Crippen LogP contribution in [0.15, 0.2) is 24.3 Å². The largest absolute Gasteiger partial charge is 0.371 e. The summed E-state index contributed by atoms with van der Waals surface area (Å²) in [7, 11) is 2.25. The molecule has 1 aromatic carbocycles. The van der Waals surface area contributed by atoms with Crippen molar-refractivity contribution in [3.05, 3.63) is 29.8 Å². The van der Waals surface area contributed by atoms with E-state index in [4.69, 9.17) is 0 Å². The lowest BCUT2D eigenvalue weighted by atomic mass is 9.93. The zero-order valence-corrected chi connectivity index (χ0v) is 10.7. The SMILES string of the molecule is CCCCC[C@@H]1[C@H](C)c2ccccc2N1C. The number of para-hydroxylation sites is 1. The number of hydrogen-bond donors (Lipinski definition) is 0. The first-order valence-corrected chi connectivity index (χ1v) is 6.57. The lowest BCUT2D eigenvalue weighted by Gasteiger charge is -2.25. The maximum Gasteiger partial charge on any atom is 0.0402 e. The minimum Gasteiger partial charge on any atom is -0.371 e. The van der Waals surface area contributed by atoms with E-state index in [1.807, 2.05) is 0 Å². The van der Waals surface area contributed by atoms with Crippen LogP contribution in [-0.2, 0) is 0 Å². The van der Waals surface area contributed by atoms with E-state index in [1.165, 1.54) is 36.9 Å². The number of fused-ring (bicyclic) bond motifs is 1. The van der Waals surface area contributed by atoms with Gasteiger partial charge >= 0.3 is 0 Å². The standard InChI is InChI=1S/C15H23N/c1-4-5-6-10-14-12(2)13-9-7-8-11-15(13)16(14)3/h7-9,11-12,14H,4-6,10H2,1-3H3/t12-,14-/m1/s1. The van der Waals surface area contributed by atoms with Gasteiger partial charge in [0.1, 0.15) is 0 Å². The fourth-order valence-electron chi connectivity index (χ4n) is 2.96. The van der Waals surface area contributed by atoms with Gasteiger partial charge in [-0.25, -0.2) is 0 Å². The van der Waals surface area contributed by atoms with Crippen LogP contribution in [0.25, 0.3) is 0 Å². The van der Waals surface area contributed by atoms with Crippen LogP contribution in [0.1, 0.15) is 51.0 Å². The van der Waals surface area contributed by atoms with Crippen molar-refractivity contribution in [1.29, 1.82) is 0 Å². The van der Waals surface area contributed by atoms with Gasteiger partial charge in [-0.3, -0.25) is 0 Å². The first kappa shape index (κ1) is 11.5. The molecule has 0 saturated carbocycles. The molecule has 0 unspecified atom stereocenters. The number of hydrogen-bond acceptors (Lipinski definition) is 1. The van der Waals surface area contributed by atoms with E-state index in [-0.39, 0.29) is 0 Å². The molecule has 0 spiro atoms. The molecule has 1 nitrogen and oxygen atoms in total. The highest BCUT2D eigenvalue weighted by molar-refractivity contribution is 5.60. The summed E-state index contributed by atoms with van der Waals surface area (Å²) in [5.74, 6) is 0.693. The molecule has 1 heterocycles. The van der Waals surface area contributed by atoms with Gasteiger partial charge in [0.05, 0.1) is 0 Å². The predicted molar refractivity (Wildman–Crippen MR) is 71.2 cm³/mol. The van der Waals surface area contributed by atoms with Crippen molar-refractivity contribution in [2.45, 2.75) is 51.5 Å². The Morgan fingerprint density at radius 3 is 2.62 bits per heavy atom. The van der Waals surface area contributed by atoms with Gasteiger partial charge in [0.15, 0.2) is 0 Å². The molecule has 1 heteroatoms. The molecule has 0 fully saturated rings. The zero-order valence-electron chi connectivity index (χ0n) is 10.7. The summed E-state index contributed by atoms with van der Waals surface area (Å²) in [5, 5.41) is 0. The molecular weight excluding hydrogens is 194 g/mol. The van der Waals surface area contributed by atoms with Crippen LogP contribution in [0.5, 0.6) is 0 Å². The van der Waals surface area contributed by atoms with Crippen LogP contribution >= 0.6 is 0 Å². The van der Waals surface area contributed by atoms with Crippen molar-refractivity contribution >= 4 is 5.69 Å². The van der Waals surface area contributed by atoms with E-state index in [9.17, 15) is 0 Å². The molecule has 2 rings (SSSR count). The van der Waals surface area contributed by atoms with Crippen LogP contribution in [0, 0.1) is 0 Å². The minimum atomic E-state index is 0.693. The molecule has 0 N–H and O–H groups in total. The van der Waals surface area contributed by atoms with E-state index in [1.54, 1.807) is 0 Å². The van der Waals surface area contributed by atoms with Gasteiger partial charge in [0.2, 0.25) is 0 Å². The van der Waals surface area contributed by atoms with Crippen LogP contribution in [0.4, 0.5) is 5.69 Å². The summed E-state index contributed by atoms with van der Waals surface area (Å²) in [6.07, 6.45) is 5.38. The molecule has 0 amide bonds. The topological polar surface area (TPSA) is 3.24 Å². The Morgan fingerprint density at radius 1 is 1.19 bits per heavy atom. The number of benzene rings is 1. The normalized spacial score (nSPS) is 23.6. The second kappa shape index (κ2) is 4.90. The summed E-state index contributed by atoms with van der Waals surface area (Å²) in [6.45, 7) is 4.65. The van der Waals surface area contributed by atoms with Crippen molar-refractivity contribution < 1.29 is 0 Å². The Hall–Kier alpha value is -0.980. The van der Waals surface area contributed by atoms with Gasteiger partial charge in [-0.15, -0.1) is 0 Å². The fraction of sp³-hybridized carbons (Fsp3) is 0.600. The molecule has 1 aliphatic heterocycles. The highest BCUT2D eigenvalue weighted by atomic mass is 15.2. The van der Waals surface area contributed by atoms with Crippen LogP contribution in [0.3, 0.4) is 0 Å². The molecular formula is C15H23N. The maximum atomic E-state index is 2.48. The molecule has 0 bridgehead atoms. The van der Waals surface area contributed by atoms with Gasteiger partial charge in [-0.1, -0.05) is 51.3 Å². The molecule has 0 aliphatic carbocycles. The summed E-state index contributed by atoms with van der Waals surface area (Å²) < 4.78 is 0. The summed E-state index contributed by atoms with van der Waals surface area (Å²) in [5.41, 5.74) is 2.97. The molecule has 2 atom stereocenters. The smallest absolute Gasteiger partial charge is 0.0402 e. The molecule has 1 aromatic rings. The highest BCUT2D eigenvalue weighted by Crippen LogP contribution is 2.41. The Labute approximate surface area is 99.5 Å². The van der Waals surface area contributed by atoms with Gasteiger partial charge in [-0.2, -0.15) is 0 Å². The van der Waals surface area contributed by atoms with Crippen LogP contribution in [0.2, 0.25) is 0 Å². The number of likely N-dealkylation sites (N-methyl/N-ethyl adjacent to an activating group) is 1. The number of anilines is 1. The lowest BCUT2D eigenvalue weighted by molar-refractivity contribution is 0.505. The van der Waals surface area contributed by atoms with E-state index in [0.29, 0.717) is 12.0 Å². The molecule has 88 valence electrons. The second-order valence-corrected chi connectivity index (χ2v) is 5.02. The molecule has 0 radical (unpaired) electrons. The van der Waals surface area contributed by atoms with Crippen molar-refractivity contribution in [2.75, 3.05) is 11.9 Å². The number of rotatable bonds is 4. The van der Waals surface area contributed by atoms with Crippen LogP contribution < -0.4 is 4.90 Å². The average Bonchev–Trinajstić information content (AvgIpc) is 2.55. The predicted octanol–water partition coefficient (Wildman–Crippen LogP) is 4.19. The molecule has 1 aliphatic rings. The maximum absolute atomic E-state index is 2.48. The summed E-state index contributed by atoms with van der Waals surface area (Å²) in [6, 6.07) is 9.57. The monoisotopic (exact) mass is 217 g/mol. The third-order valence-corrected chi connectivity index (χ3v) is 3.99. The Morgan fingerprint density at radius 2 is 1.94 bits per heavy atom. The summed E-state index contributed by atoms with van der Waals surface area (Å²) in [4.78, 5) is 2.48. The first-order chi connectivity index (χ1) is 7.75. The highest BCUT2D eigenvalue weighted by Gasteiger charge is 2.32. The van der Waals surface area contributed by atoms with E-state index < -0.39 is 0 Å². The quantitative estimate of drug-likeness (QED) is 0.684. The first-order valence-electron chi connectivity index (χ1n) is 6.57. The summed E-state index contributed by atoms with van der Waals surface area (Å²) >= 11 is 0. The Bertz CT molecular complexity index is 316. The van der Waals surface area contributed by atoms with Gasteiger partial charge in [0, 0.05) is 24.7 Å². The van der Waals surface area contributed by atoms with Crippen molar-refractivity contribution in [1.82, 2.24) is 0 Å². The number of unbranched alkanes of at least 4 members (excludes halogenated alkanes) is 2. The zero-order chi connectivity index (χ0) is 11.5. The molecule has 0 aromatic heterocycles.